The zero-order chi connectivity index (χ0) is 51.2. The molecule has 0 atom stereocenters. The molecule has 7 heteroatoms. The van der Waals surface area contributed by atoms with Crippen molar-refractivity contribution in [3.05, 3.63) is 17.7 Å². The zero-order valence-electron chi connectivity index (χ0n) is 47.8. The molecule has 71 heavy (non-hydrogen) atoms. The number of hydrogen-bond donors (Lipinski definition) is 0. The van der Waals surface area contributed by atoms with Crippen LogP contribution in [0.5, 0.6) is 17.2 Å². The van der Waals surface area contributed by atoms with E-state index in [1.54, 1.807) is 12.1 Å². The maximum absolute atomic E-state index is 13.3. The molecule has 1 aromatic rings. The normalized spacial score (nSPS) is 11.3. The molecule has 0 aliphatic heterocycles. The largest absolute Gasteiger partial charge is 0.490 e. The van der Waals surface area contributed by atoms with Crippen LogP contribution >= 0.6 is 0 Å². The summed E-state index contributed by atoms with van der Waals surface area (Å²) < 4.78 is 29.5. The van der Waals surface area contributed by atoms with Crippen LogP contribution in [-0.4, -0.2) is 45.5 Å². The second kappa shape index (κ2) is 53.8. The van der Waals surface area contributed by atoms with Crippen LogP contribution in [0.1, 0.15) is 339 Å². The van der Waals surface area contributed by atoms with Gasteiger partial charge in [-0.15, -0.1) is 0 Å². The molecule has 7 nitrogen and oxygen atoms in total. The molecule has 0 radical (unpaired) electrons. The first-order valence-electron chi connectivity index (χ1n) is 31.4. The van der Waals surface area contributed by atoms with E-state index in [9.17, 15) is 9.59 Å². The molecule has 0 amide bonds. The summed E-state index contributed by atoms with van der Waals surface area (Å²) in [6.45, 7) is 8.06. The van der Waals surface area contributed by atoms with Crippen LogP contribution in [0.4, 0.5) is 0 Å². The first kappa shape index (κ1) is 66.6. The fourth-order valence-electron chi connectivity index (χ4n) is 9.81. The number of esters is 2. The van der Waals surface area contributed by atoms with Gasteiger partial charge in [0.25, 0.3) is 0 Å². The predicted molar refractivity (Wildman–Crippen MR) is 304 cm³/mol. The molecule has 1 aromatic carbocycles. The van der Waals surface area contributed by atoms with Crippen molar-refractivity contribution in [2.24, 2.45) is 0 Å². The molecule has 0 bridgehead atoms. The molecule has 0 N–H and O–H groups in total. The molecule has 0 saturated heterocycles. The Kier molecular flexibility index (Phi) is 50.5. The van der Waals surface area contributed by atoms with Crippen LogP contribution in [0.2, 0.25) is 0 Å². The van der Waals surface area contributed by atoms with Crippen molar-refractivity contribution in [2.75, 3.05) is 33.5 Å². The molecular weight excluding hydrogens is 881 g/mol. The quantitative estimate of drug-likeness (QED) is 0.0475. The van der Waals surface area contributed by atoms with Gasteiger partial charge in [0, 0.05) is 0 Å². The summed E-state index contributed by atoms with van der Waals surface area (Å²) in [5, 5.41) is 0. The zero-order valence-corrected chi connectivity index (χ0v) is 47.8. The summed E-state index contributed by atoms with van der Waals surface area (Å²) in [7, 11) is 1.29. The smallest absolute Gasteiger partial charge is 0.344 e. The summed E-state index contributed by atoms with van der Waals surface area (Å²) in [5.74, 6) is 0.383. The third kappa shape index (κ3) is 43.7. The standard InChI is InChI=1S/C64H118O7/c1-5-8-11-14-17-20-23-26-29-32-35-38-41-44-47-50-53-68-60-56-59(64(66)71-58-62(65)67-4)57-61(69-54-51-48-45-42-39-36-33-30-27-24-21-18-15-12-9-6-2)63(60)70-55-52-49-46-43-40-37-34-31-28-25-22-19-16-13-10-7-3/h56-57H,5-55,58H2,1-4H3. The van der Waals surface area contributed by atoms with E-state index < -0.39 is 18.5 Å². The highest BCUT2D eigenvalue weighted by molar-refractivity contribution is 5.92. The van der Waals surface area contributed by atoms with Gasteiger partial charge in [-0.25, -0.2) is 9.59 Å². The van der Waals surface area contributed by atoms with E-state index in [0.29, 0.717) is 37.1 Å². The fourth-order valence-corrected chi connectivity index (χ4v) is 9.81. The van der Waals surface area contributed by atoms with E-state index in [1.807, 2.05) is 0 Å². The van der Waals surface area contributed by atoms with Crippen LogP contribution in [0.25, 0.3) is 0 Å². The lowest BCUT2D eigenvalue weighted by Gasteiger charge is -2.19. The van der Waals surface area contributed by atoms with Crippen LogP contribution in [0, 0.1) is 0 Å². The van der Waals surface area contributed by atoms with E-state index in [0.717, 1.165) is 38.5 Å². The van der Waals surface area contributed by atoms with Crippen molar-refractivity contribution in [1.82, 2.24) is 0 Å². The Hall–Kier alpha value is -2.44. The van der Waals surface area contributed by atoms with Gasteiger partial charge >= 0.3 is 11.9 Å². The molecule has 0 fully saturated rings. The Balaban J connectivity index is 2.67. The number of hydrogen-bond acceptors (Lipinski definition) is 7. The number of ether oxygens (including phenoxy) is 5. The maximum atomic E-state index is 13.3. The van der Waals surface area contributed by atoms with Crippen molar-refractivity contribution >= 4 is 11.9 Å². The number of methoxy groups -OCH3 is 1. The minimum atomic E-state index is -0.612. The minimum absolute atomic E-state index is 0.285. The Bertz CT molecular complexity index is 1220. The molecule has 416 valence electrons. The van der Waals surface area contributed by atoms with E-state index in [1.165, 1.54) is 277 Å². The van der Waals surface area contributed by atoms with Crippen molar-refractivity contribution in [1.29, 1.82) is 0 Å². The van der Waals surface area contributed by atoms with E-state index in [-0.39, 0.29) is 5.56 Å². The summed E-state index contributed by atoms with van der Waals surface area (Å²) >= 11 is 0. The van der Waals surface area contributed by atoms with Crippen molar-refractivity contribution in [3.63, 3.8) is 0 Å². The van der Waals surface area contributed by atoms with Crippen molar-refractivity contribution < 1.29 is 33.3 Å². The topological polar surface area (TPSA) is 80.3 Å². The van der Waals surface area contributed by atoms with Crippen LogP contribution in [0.3, 0.4) is 0 Å². The van der Waals surface area contributed by atoms with Gasteiger partial charge in [-0.2, -0.15) is 0 Å². The van der Waals surface area contributed by atoms with Gasteiger partial charge in [-0.1, -0.05) is 310 Å². The highest BCUT2D eigenvalue weighted by Crippen LogP contribution is 2.40. The number of rotatable bonds is 57. The second-order valence-corrected chi connectivity index (χ2v) is 21.4. The fraction of sp³-hybridized carbons (Fsp3) is 0.875. The number of carbonyl (C=O) groups is 2. The summed E-state index contributed by atoms with van der Waals surface area (Å²) in [6.07, 6.45) is 63.4. The summed E-state index contributed by atoms with van der Waals surface area (Å²) in [4.78, 5) is 25.2. The average Bonchev–Trinajstić information content (AvgIpc) is 3.38. The molecule has 0 heterocycles. The van der Waals surface area contributed by atoms with E-state index in [4.69, 9.17) is 23.7 Å². The van der Waals surface area contributed by atoms with Gasteiger partial charge in [-0.3, -0.25) is 0 Å². The minimum Gasteiger partial charge on any atom is -0.490 e. The molecule has 0 aliphatic rings. The lowest BCUT2D eigenvalue weighted by molar-refractivity contribution is -0.144. The van der Waals surface area contributed by atoms with Gasteiger partial charge in [0.05, 0.1) is 32.5 Å². The third-order valence-electron chi connectivity index (χ3n) is 14.6. The number of carbonyl (C=O) groups excluding carboxylic acids is 2. The monoisotopic (exact) mass is 999 g/mol. The summed E-state index contributed by atoms with van der Waals surface area (Å²) in [5.41, 5.74) is 0.285. The van der Waals surface area contributed by atoms with Crippen molar-refractivity contribution in [3.8, 4) is 17.2 Å². The number of unbranched alkanes of at least 4 members (excludes halogenated alkanes) is 45. The molecule has 0 saturated carbocycles. The number of benzene rings is 1. The highest BCUT2D eigenvalue weighted by Gasteiger charge is 2.21. The average molecular weight is 1000 g/mol. The van der Waals surface area contributed by atoms with Crippen molar-refractivity contribution in [2.45, 2.75) is 329 Å². The van der Waals surface area contributed by atoms with Crippen LogP contribution < -0.4 is 14.2 Å². The van der Waals surface area contributed by atoms with E-state index >= 15 is 0 Å². The Morgan fingerprint density at radius 1 is 0.324 bits per heavy atom. The lowest BCUT2D eigenvalue weighted by atomic mass is 10.0. The Labute approximate surface area is 440 Å². The first-order valence-corrected chi connectivity index (χ1v) is 31.4. The highest BCUT2D eigenvalue weighted by atomic mass is 16.6. The van der Waals surface area contributed by atoms with Crippen LogP contribution in [-0.2, 0) is 14.3 Å². The molecule has 0 aromatic heterocycles. The van der Waals surface area contributed by atoms with Gasteiger partial charge in [0.2, 0.25) is 5.75 Å². The SMILES string of the molecule is CCCCCCCCCCCCCCCCCCOc1cc(C(=O)OCC(=O)OC)cc(OCCCCCCCCCCCCCCCCCC)c1OCCCCCCCCCCCCCCCCCC. The van der Waals surface area contributed by atoms with Crippen LogP contribution in [0.15, 0.2) is 12.1 Å². The van der Waals surface area contributed by atoms with Gasteiger partial charge in [0.15, 0.2) is 18.1 Å². The molecular formula is C64H118O7. The Morgan fingerprint density at radius 3 is 0.789 bits per heavy atom. The Morgan fingerprint density at radius 2 is 0.549 bits per heavy atom. The van der Waals surface area contributed by atoms with Gasteiger partial charge < -0.3 is 23.7 Å². The summed E-state index contributed by atoms with van der Waals surface area (Å²) in [6, 6.07) is 3.41. The lowest BCUT2D eigenvalue weighted by Crippen LogP contribution is -2.15. The van der Waals surface area contributed by atoms with E-state index in [2.05, 4.69) is 20.8 Å². The van der Waals surface area contributed by atoms with Gasteiger partial charge in [0.1, 0.15) is 0 Å². The molecule has 1 rings (SSSR count). The molecule has 0 spiro atoms. The predicted octanol–water partition coefficient (Wildman–Crippen LogP) is 20.9. The van der Waals surface area contributed by atoms with Gasteiger partial charge in [-0.05, 0) is 31.4 Å². The second-order valence-electron chi connectivity index (χ2n) is 21.4. The first-order chi connectivity index (χ1) is 35.1. The molecule has 0 aliphatic carbocycles. The third-order valence-corrected chi connectivity index (χ3v) is 14.6. The molecule has 0 unspecified atom stereocenters. The maximum Gasteiger partial charge on any atom is 0.344 e.